The van der Waals surface area contributed by atoms with Gasteiger partial charge in [-0.15, -0.1) is 22.7 Å². The van der Waals surface area contributed by atoms with E-state index in [0.717, 1.165) is 33.4 Å². The van der Waals surface area contributed by atoms with Gasteiger partial charge in [-0.2, -0.15) is 0 Å². The van der Waals surface area contributed by atoms with Gasteiger partial charge in [0.1, 0.15) is 0 Å². The van der Waals surface area contributed by atoms with E-state index >= 15 is 0 Å². The number of carbonyl (C=O) groups excluding carboxylic acids is 1. The zero-order valence-corrected chi connectivity index (χ0v) is 15.1. The number of hydrogen-bond acceptors (Lipinski definition) is 4. The third-order valence-corrected chi connectivity index (χ3v) is 5.88. The Kier molecular flexibility index (Phi) is 5.62. The predicted octanol–water partition coefficient (Wildman–Crippen LogP) is 4.73. The molecule has 0 bridgehead atoms. The van der Waals surface area contributed by atoms with Crippen LogP contribution in [0.25, 0.3) is 10.6 Å². The fraction of sp³-hybridized carbons (Fsp3) is 0.444. The molecule has 0 unspecified atom stereocenters. The normalized spacial score (nSPS) is 14.6. The molecule has 3 nitrogen and oxygen atoms in total. The molecule has 0 spiro atoms. The fourth-order valence-electron chi connectivity index (χ4n) is 2.90. The minimum absolute atomic E-state index is 0.0999. The molecule has 1 aliphatic carbocycles. The topological polar surface area (TPSA) is 42.0 Å². The molecule has 2 aromatic rings. The molecule has 1 N–H and O–H groups in total. The second-order valence-electron chi connectivity index (χ2n) is 5.87. The average Bonchev–Trinajstić information content (AvgIpc) is 3.18. The van der Waals surface area contributed by atoms with Crippen molar-refractivity contribution < 1.29 is 4.79 Å². The largest absolute Gasteiger partial charge is 0.355 e. The van der Waals surface area contributed by atoms with Gasteiger partial charge in [0.25, 0.3) is 0 Å². The Morgan fingerprint density at radius 2 is 2.30 bits per heavy atom. The maximum absolute atomic E-state index is 12.2. The smallest absolute Gasteiger partial charge is 0.225 e. The summed E-state index contributed by atoms with van der Waals surface area (Å²) in [7, 11) is 0. The Morgan fingerprint density at radius 3 is 3.04 bits per heavy atom. The number of aromatic nitrogens is 1. The van der Waals surface area contributed by atoms with Crippen molar-refractivity contribution in [3.8, 4) is 10.6 Å². The monoisotopic (exact) mass is 346 g/mol. The minimum Gasteiger partial charge on any atom is -0.355 e. The molecule has 1 aliphatic rings. The zero-order chi connectivity index (χ0) is 16.1. The van der Waals surface area contributed by atoms with Gasteiger partial charge < -0.3 is 5.32 Å². The van der Waals surface area contributed by atoms with Crippen molar-refractivity contribution in [2.45, 2.75) is 45.4 Å². The van der Waals surface area contributed by atoms with Crippen molar-refractivity contribution in [1.82, 2.24) is 10.3 Å². The van der Waals surface area contributed by atoms with Gasteiger partial charge in [0.05, 0.1) is 22.0 Å². The van der Waals surface area contributed by atoms with E-state index in [1.807, 2.05) is 18.4 Å². The molecule has 0 radical (unpaired) electrons. The summed E-state index contributed by atoms with van der Waals surface area (Å²) in [6, 6.07) is 4.09. The highest BCUT2D eigenvalue weighted by Crippen LogP contribution is 2.31. The summed E-state index contributed by atoms with van der Waals surface area (Å²) in [5, 5.41) is 6.13. The van der Waals surface area contributed by atoms with E-state index in [0.29, 0.717) is 6.42 Å². The number of nitrogens with zero attached hydrogens (tertiary/aromatic N) is 1. The van der Waals surface area contributed by atoms with E-state index in [4.69, 9.17) is 0 Å². The van der Waals surface area contributed by atoms with Crippen LogP contribution in [0.1, 0.15) is 42.0 Å². The Hall–Kier alpha value is -1.46. The van der Waals surface area contributed by atoms with Crippen molar-refractivity contribution in [3.63, 3.8) is 0 Å². The maximum atomic E-state index is 12.2. The van der Waals surface area contributed by atoms with Crippen LogP contribution in [0.4, 0.5) is 0 Å². The fourth-order valence-corrected chi connectivity index (χ4v) is 4.65. The molecule has 0 aliphatic heterocycles. The van der Waals surface area contributed by atoms with Crippen molar-refractivity contribution in [1.29, 1.82) is 0 Å². The molecule has 2 heterocycles. The van der Waals surface area contributed by atoms with Gasteiger partial charge in [0.2, 0.25) is 5.91 Å². The number of thiazole rings is 1. The lowest BCUT2D eigenvalue weighted by molar-refractivity contribution is -0.120. The van der Waals surface area contributed by atoms with Crippen molar-refractivity contribution in [2.24, 2.45) is 0 Å². The van der Waals surface area contributed by atoms with Crippen LogP contribution in [0.3, 0.4) is 0 Å². The molecule has 0 saturated carbocycles. The SMILES string of the molecule is Cc1nc(-c2cccs2)c(CC(=O)NCCC2=CCCCC2)s1. The second kappa shape index (κ2) is 7.88. The van der Waals surface area contributed by atoms with Gasteiger partial charge in [-0.25, -0.2) is 4.98 Å². The number of amides is 1. The summed E-state index contributed by atoms with van der Waals surface area (Å²) >= 11 is 3.30. The lowest BCUT2D eigenvalue weighted by Crippen LogP contribution is -2.26. The van der Waals surface area contributed by atoms with E-state index in [2.05, 4.69) is 22.4 Å². The van der Waals surface area contributed by atoms with Crippen LogP contribution in [-0.2, 0) is 11.2 Å². The zero-order valence-electron chi connectivity index (χ0n) is 13.4. The van der Waals surface area contributed by atoms with Crippen molar-refractivity contribution >= 4 is 28.6 Å². The first-order valence-electron chi connectivity index (χ1n) is 8.17. The molecule has 23 heavy (non-hydrogen) atoms. The van der Waals surface area contributed by atoms with Crippen LogP contribution in [0, 0.1) is 6.92 Å². The van der Waals surface area contributed by atoms with E-state index in [-0.39, 0.29) is 5.91 Å². The number of thiophene rings is 1. The Balaban J connectivity index is 1.55. The van der Waals surface area contributed by atoms with Crippen molar-refractivity contribution in [2.75, 3.05) is 6.54 Å². The maximum Gasteiger partial charge on any atom is 0.225 e. The number of nitrogens with one attached hydrogen (secondary N) is 1. The summed E-state index contributed by atoms with van der Waals surface area (Å²) in [6.07, 6.45) is 8.77. The first kappa shape index (κ1) is 16.4. The Labute approximate surface area is 145 Å². The first-order chi connectivity index (χ1) is 11.2. The number of carbonyl (C=O) groups is 1. The van der Waals surface area contributed by atoms with Crippen LogP contribution in [-0.4, -0.2) is 17.4 Å². The number of allylic oxidation sites excluding steroid dienone is 1. The molecule has 0 saturated heterocycles. The van der Waals surface area contributed by atoms with Gasteiger partial charge in [0.15, 0.2) is 0 Å². The molecule has 2 aromatic heterocycles. The van der Waals surface area contributed by atoms with Gasteiger partial charge >= 0.3 is 0 Å². The highest BCUT2D eigenvalue weighted by Gasteiger charge is 2.15. The molecule has 1 amide bonds. The summed E-state index contributed by atoms with van der Waals surface area (Å²) in [5.41, 5.74) is 2.48. The van der Waals surface area contributed by atoms with E-state index < -0.39 is 0 Å². The minimum atomic E-state index is 0.0999. The van der Waals surface area contributed by atoms with Crippen LogP contribution < -0.4 is 5.32 Å². The molecular weight excluding hydrogens is 324 g/mol. The lowest BCUT2D eigenvalue weighted by atomic mass is 9.97. The van der Waals surface area contributed by atoms with E-state index in [1.165, 1.54) is 31.3 Å². The standard InChI is InChI=1S/C18H22N2OS2/c1-13-20-18(15-8-5-11-22-15)16(23-13)12-17(21)19-10-9-14-6-3-2-4-7-14/h5-6,8,11H,2-4,7,9-10,12H2,1H3,(H,19,21). The van der Waals surface area contributed by atoms with Gasteiger partial charge in [-0.3, -0.25) is 4.79 Å². The van der Waals surface area contributed by atoms with Crippen LogP contribution in [0.15, 0.2) is 29.2 Å². The lowest BCUT2D eigenvalue weighted by Gasteiger charge is -2.12. The van der Waals surface area contributed by atoms with Crippen LogP contribution in [0.2, 0.25) is 0 Å². The third kappa shape index (κ3) is 4.52. The Bertz CT molecular complexity index is 686. The van der Waals surface area contributed by atoms with Crippen LogP contribution >= 0.6 is 22.7 Å². The van der Waals surface area contributed by atoms with Crippen molar-refractivity contribution in [3.05, 3.63) is 39.0 Å². The number of aryl methyl sites for hydroxylation is 1. The third-order valence-electron chi connectivity index (χ3n) is 4.03. The van der Waals surface area contributed by atoms with Gasteiger partial charge in [0, 0.05) is 11.4 Å². The molecule has 0 aromatic carbocycles. The summed E-state index contributed by atoms with van der Waals surface area (Å²) < 4.78 is 0. The van der Waals surface area contributed by atoms with E-state index in [1.54, 1.807) is 22.7 Å². The molecular formula is C18H22N2OS2. The predicted molar refractivity (Wildman–Crippen MR) is 98.0 cm³/mol. The summed E-state index contributed by atoms with van der Waals surface area (Å²) in [5.74, 6) is 0.0999. The summed E-state index contributed by atoms with van der Waals surface area (Å²) in [6.45, 7) is 2.75. The molecule has 3 rings (SSSR count). The average molecular weight is 347 g/mol. The number of hydrogen-bond donors (Lipinski definition) is 1. The number of rotatable bonds is 6. The van der Waals surface area contributed by atoms with Crippen LogP contribution in [0.5, 0.6) is 0 Å². The second-order valence-corrected chi connectivity index (χ2v) is 8.10. The first-order valence-corrected chi connectivity index (χ1v) is 9.87. The summed E-state index contributed by atoms with van der Waals surface area (Å²) in [4.78, 5) is 19.0. The van der Waals surface area contributed by atoms with Gasteiger partial charge in [-0.05, 0) is 50.5 Å². The Morgan fingerprint density at radius 1 is 1.39 bits per heavy atom. The van der Waals surface area contributed by atoms with E-state index in [9.17, 15) is 4.79 Å². The molecule has 5 heteroatoms. The van der Waals surface area contributed by atoms with Gasteiger partial charge in [-0.1, -0.05) is 17.7 Å². The highest BCUT2D eigenvalue weighted by molar-refractivity contribution is 7.15. The molecule has 0 atom stereocenters. The quantitative estimate of drug-likeness (QED) is 0.768. The molecule has 0 fully saturated rings. The highest BCUT2D eigenvalue weighted by atomic mass is 32.1. The molecule has 122 valence electrons.